The third-order valence-electron chi connectivity index (χ3n) is 4.37. The third-order valence-corrected chi connectivity index (χ3v) is 4.37. The summed E-state index contributed by atoms with van der Waals surface area (Å²) in [6, 6.07) is -0.721. The Bertz CT molecular complexity index is 316. The Morgan fingerprint density at radius 2 is 2.12 bits per heavy atom. The molecule has 0 aromatic heterocycles. The van der Waals surface area contributed by atoms with E-state index in [4.69, 9.17) is 5.11 Å². The van der Waals surface area contributed by atoms with E-state index in [1.165, 1.54) is 25.7 Å². The first-order valence-corrected chi connectivity index (χ1v) is 6.62. The lowest BCUT2D eigenvalue weighted by Gasteiger charge is -2.22. The summed E-state index contributed by atoms with van der Waals surface area (Å²) in [7, 11) is 0. The number of carboxylic acids is 1. The maximum absolute atomic E-state index is 11.8. The molecule has 0 spiro atoms. The van der Waals surface area contributed by atoms with E-state index in [1.807, 2.05) is 0 Å². The molecule has 96 valence electrons. The molecule has 2 aliphatic rings. The number of nitrogens with one attached hydrogen (secondary N) is 1. The zero-order valence-corrected chi connectivity index (χ0v) is 10.3. The Morgan fingerprint density at radius 1 is 1.35 bits per heavy atom. The van der Waals surface area contributed by atoms with Crippen LogP contribution in [0.2, 0.25) is 0 Å². The molecule has 2 saturated carbocycles. The molecule has 0 aromatic carbocycles. The fourth-order valence-electron chi connectivity index (χ4n) is 3.46. The van der Waals surface area contributed by atoms with Crippen molar-refractivity contribution >= 4 is 11.9 Å². The summed E-state index contributed by atoms with van der Waals surface area (Å²) in [5.41, 5.74) is 0. The Kier molecular flexibility index (Phi) is 3.69. The van der Waals surface area contributed by atoms with E-state index < -0.39 is 12.0 Å². The Hall–Kier alpha value is -1.06. The molecule has 2 bridgehead atoms. The quantitative estimate of drug-likeness (QED) is 0.768. The van der Waals surface area contributed by atoms with Crippen LogP contribution in [0.5, 0.6) is 0 Å². The largest absolute Gasteiger partial charge is 0.480 e. The minimum Gasteiger partial charge on any atom is -0.480 e. The summed E-state index contributed by atoms with van der Waals surface area (Å²) in [5, 5.41) is 11.5. The van der Waals surface area contributed by atoms with E-state index in [0.29, 0.717) is 18.8 Å². The molecule has 0 aromatic rings. The number of rotatable bonds is 5. The van der Waals surface area contributed by atoms with Crippen LogP contribution in [0.4, 0.5) is 0 Å². The standard InChI is InChI=1S/C13H21NO3/c1-2-11(13(16)17)14-12(15)7-10-6-8-3-4-9(10)5-8/h8-11H,2-7H2,1H3,(H,14,15)(H,16,17)/t8?,9?,10?,11-/m0/s1. The number of hydrogen-bond acceptors (Lipinski definition) is 2. The monoisotopic (exact) mass is 239 g/mol. The second kappa shape index (κ2) is 5.07. The van der Waals surface area contributed by atoms with E-state index >= 15 is 0 Å². The molecule has 0 heterocycles. The van der Waals surface area contributed by atoms with Crippen molar-refractivity contribution in [2.75, 3.05) is 0 Å². The summed E-state index contributed by atoms with van der Waals surface area (Å²) < 4.78 is 0. The molecule has 4 atom stereocenters. The van der Waals surface area contributed by atoms with Gasteiger partial charge < -0.3 is 10.4 Å². The van der Waals surface area contributed by atoms with Crippen LogP contribution in [0.1, 0.15) is 45.4 Å². The van der Waals surface area contributed by atoms with E-state index in [-0.39, 0.29) is 5.91 Å². The first-order valence-electron chi connectivity index (χ1n) is 6.62. The van der Waals surface area contributed by atoms with Crippen molar-refractivity contribution in [3.63, 3.8) is 0 Å². The molecule has 0 radical (unpaired) electrons. The molecule has 0 saturated heterocycles. The zero-order valence-electron chi connectivity index (χ0n) is 10.3. The molecule has 1 amide bonds. The van der Waals surface area contributed by atoms with Crippen molar-refractivity contribution < 1.29 is 14.7 Å². The minimum atomic E-state index is -0.936. The van der Waals surface area contributed by atoms with Gasteiger partial charge in [-0.25, -0.2) is 4.79 Å². The molecular weight excluding hydrogens is 218 g/mol. The first kappa shape index (κ1) is 12.4. The third kappa shape index (κ3) is 2.79. The van der Waals surface area contributed by atoms with E-state index in [1.54, 1.807) is 6.92 Å². The average molecular weight is 239 g/mol. The molecular formula is C13H21NO3. The maximum Gasteiger partial charge on any atom is 0.326 e. The smallest absolute Gasteiger partial charge is 0.326 e. The number of hydrogen-bond donors (Lipinski definition) is 2. The summed E-state index contributed by atoms with van der Waals surface area (Å²) in [5.74, 6) is 1.03. The van der Waals surface area contributed by atoms with Gasteiger partial charge >= 0.3 is 5.97 Å². The second-order valence-electron chi connectivity index (χ2n) is 5.51. The fraction of sp³-hybridized carbons (Fsp3) is 0.846. The lowest BCUT2D eigenvalue weighted by atomic mass is 9.86. The number of aliphatic carboxylic acids is 1. The van der Waals surface area contributed by atoms with Crippen molar-refractivity contribution in [1.29, 1.82) is 0 Å². The van der Waals surface area contributed by atoms with Crippen LogP contribution in [0.3, 0.4) is 0 Å². The molecule has 4 nitrogen and oxygen atoms in total. The van der Waals surface area contributed by atoms with E-state index in [9.17, 15) is 9.59 Å². The maximum atomic E-state index is 11.8. The van der Waals surface area contributed by atoms with Gasteiger partial charge in [0.05, 0.1) is 0 Å². The van der Waals surface area contributed by atoms with Gasteiger partial charge in [-0.05, 0) is 43.4 Å². The molecule has 2 aliphatic carbocycles. The molecule has 3 unspecified atom stereocenters. The molecule has 0 aliphatic heterocycles. The van der Waals surface area contributed by atoms with Gasteiger partial charge in [-0.15, -0.1) is 0 Å². The van der Waals surface area contributed by atoms with Crippen LogP contribution in [0, 0.1) is 17.8 Å². The molecule has 2 rings (SSSR count). The van der Waals surface area contributed by atoms with Gasteiger partial charge in [-0.1, -0.05) is 13.3 Å². The van der Waals surface area contributed by atoms with Gasteiger partial charge in [0.1, 0.15) is 6.04 Å². The van der Waals surface area contributed by atoms with Crippen molar-refractivity contribution in [3.8, 4) is 0 Å². The number of carbonyl (C=O) groups excluding carboxylic acids is 1. The van der Waals surface area contributed by atoms with E-state index in [0.717, 1.165) is 11.8 Å². The lowest BCUT2D eigenvalue weighted by Crippen LogP contribution is -2.41. The molecule has 4 heteroatoms. The lowest BCUT2D eigenvalue weighted by molar-refractivity contribution is -0.142. The van der Waals surface area contributed by atoms with Crippen LogP contribution in [0.25, 0.3) is 0 Å². The Morgan fingerprint density at radius 3 is 2.59 bits per heavy atom. The SMILES string of the molecule is CC[C@H](NC(=O)CC1CC2CCC1C2)C(=O)O. The van der Waals surface area contributed by atoms with E-state index in [2.05, 4.69) is 5.32 Å². The highest BCUT2D eigenvalue weighted by Gasteiger charge is 2.40. The molecule has 2 fully saturated rings. The summed E-state index contributed by atoms with van der Waals surface area (Å²) in [6.45, 7) is 1.77. The van der Waals surface area contributed by atoms with Gasteiger partial charge in [0.15, 0.2) is 0 Å². The zero-order chi connectivity index (χ0) is 12.4. The van der Waals surface area contributed by atoms with Gasteiger partial charge in [0.2, 0.25) is 5.91 Å². The second-order valence-corrected chi connectivity index (χ2v) is 5.51. The minimum absolute atomic E-state index is 0.0863. The van der Waals surface area contributed by atoms with Crippen molar-refractivity contribution in [3.05, 3.63) is 0 Å². The number of carboxylic acid groups (broad SMARTS) is 1. The topological polar surface area (TPSA) is 66.4 Å². The van der Waals surface area contributed by atoms with Gasteiger partial charge in [-0.3, -0.25) is 4.79 Å². The van der Waals surface area contributed by atoms with Gasteiger partial charge in [-0.2, -0.15) is 0 Å². The van der Waals surface area contributed by atoms with Crippen molar-refractivity contribution in [1.82, 2.24) is 5.32 Å². The fourth-order valence-corrected chi connectivity index (χ4v) is 3.46. The Balaban J connectivity index is 1.79. The molecule has 17 heavy (non-hydrogen) atoms. The van der Waals surface area contributed by atoms with Gasteiger partial charge in [0, 0.05) is 6.42 Å². The van der Waals surface area contributed by atoms with Crippen LogP contribution in [0.15, 0.2) is 0 Å². The van der Waals surface area contributed by atoms with Crippen molar-refractivity contribution in [2.24, 2.45) is 17.8 Å². The first-order chi connectivity index (χ1) is 8.10. The normalized spacial score (nSPS) is 32.4. The van der Waals surface area contributed by atoms with Crippen molar-refractivity contribution in [2.45, 2.75) is 51.5 Å². The number of carbonyl (C=O) groups is 2. The van der Waals surface area contributed by atoms with Crippen LogP contribution in [-0.2, 0) is 9.59 Å². The average Bonchev–Trinajstić information content (AvgIpc) is 2.87. The number of amides is 1. The number of fused-ring (bicyclic) bond motifs is 2. The van der Waals surface area contributed by atoms with Crippen LogP contribution in [-0.4, -0.2) is 23.0 Å². The summed E-state index contributed by atoms with van der Waals surface area (Å²) >= 11 is 0. The summed E-state index contributed by atoms with van der Waals surface area (Å²) in [6.07, 6.45) is 6.01. The molecule has 2 N–H and O–H groups in total. The van der Waals surface area contributed by atoms with Crippen LogP contribution < -0.4 is 5.32 Å². The van der Waals surface area contributed by atoms with Crippen LogP contribution >= 0.6 is 0 Å². The summed E-state index contributed by atoms with van der Waals surface area (Å²) in [4.78, 5) is 22.6. The predicted octanol–water partition coefficient (Wildman–Crippen LogP) is 1.79. The highest BCUT2D eigenvalue weighted by atomic mass is 16.4. The highest BCUT2D eigenvalue weighted by Crippen LogP contribution is 2.49. The van der Waals surface area contributed by atoms with Gasteiger partial charge in [0.25, 0.3) is 0 Å². The Labute approximate surface area is 102 Å². The highest BCUT2D eigenvalue weighted by molar-refractivity contribution is 5.83. The predicted molar refractivity (Wildman–Crippen MR) is 63.4 cm³/mol.